The van der Waals surface area contributed by atoms with Gasteiger partial charge in [-0.15, -0.1) is 10.2 Å². The molecule has 0 aromatic carbocycles. The van der Waals surface area contributed by atoms with E-state index in [1.807, 2.05) is 31.3 Å². The maximum absolute atomic E-state index is 12.6. The van der Waals surface area contributed by atoms with Crippen LogP contribution in [0.2, 0.25) is 0 Å². The molecule has 0 aliphatic carbocycles. The van der Waals surface area contributed by atoms with Crippen LogP contribution < -0.4 is 5.32 Å². The zero-order valence-electron chi connectivity index (χ0n) is 12.5. The number of carbonyl (C=O) groups excluding carboxylic acids is 1. The van der Waals surface area contributed by atoms with Gasteiger partial charge in [-0.25, -0.2) is 4.98 Å². The number of hydrogen-bond donors (Lipinski definition) is 1. The van der Waals surface area contributed by atoms with E-state index in [1.165, 1.54) is 11.3 Å². The molecule has 1 aliphatic heterocycles. The topological polar surface area (TPSA) is 81.4 Å². The van der Waals surface area contributed by atoms with Gasteiger partial charge >= 0.3 is 0 Å². The summed E-state index contributed by atoms with van der Waals surface area (Å²) < 4.78 is 7.36. The molecule has 7 nitrogen and oxygen atoms in total. The lowest BCUT2D eigenvalue weighted by Crippen LogP contribution is -2.15. The second kappa shape index (κ2) is 5.71. The molecule has 1 N–H and O–H groups in total. The summed E-state index contributed by atoms with van der Waals surface area (Å²) in [6.07, 6.45) is 3.82. The first-order valence-electron chi connectivity index (χ1n) is 7.42. The second-order valence-electron chi connectivity index (χ2n) is 5.38. The molecule has 1 atom stereocenters. The number of aromatic nitrogens is 4. The molecule has 3 aromatic rings. The lowest BCUT2D eigenvalue weighted by Gasteiger charge is -2.03. The van der Waals surface area contributed by atoms with Crippen molar-refractivity contribution in [1.29, 1.82) is 0 Å². The molecule has 0 saturated carbocycles. The van der Waals surface area contributed by atoms with Crippen LogP contribution >= 0.6 is 11.3 Å². The van der Waals surface area contributed by atoms with Gasteiger partial charge in [0.05, 0.1) is 5.69 Å². The zero-order valence-corrected chi connectivity index (χ0v) is 13.3. The predicted octanol–water partition coefficient (Wildman–Crippen LogP) is 2.60. The molecule has 4 rings (SSSR count). The van der Waals surface area contributed by atoms with Crippen LogP contribution in [0, 0.1) is 6.92 Å². The number of carbonyl (C=O) groups is 1. The van der Waals surface area contributed by atoms with E-state index in [1.54, 1.807) is 4.40 Å². The van der Waals surface area contributed by atoms with Gasteiger partial charge in [0, 0.05) is 12.8 Å². The zero-order chi connectivity index (χ0) is 15.8. The van der Waals surface area contributed by atoms with Crippen LogP contribution in [0.25, 0.3) is 5.65 Å². The Hall–Kier alpha value is -2.32. The number of rotatable bonds is 3. The van der Waals surface area contributed by atoms with Crippen molar-refractivity contribution in [3.05, 3.63) is 40.8 Å². The highest BCUT2D eigenvalue weighted by Crippen LogP contribution is 2.32. The smallest absolute Gasteiger partial charge is 0.276 e. The van der Waals surface area contributed by atoms with E-state index >= 15 is 0 Å². The van der Waals surface area contributed by atoms with E-state index in [2.05, 4.69) is 20.5 Å². The number of fused-ring (bicyclic) bond motifs is 1. The molecule has 0 bridgehead atoms. The summed E-state index contributed by atoms with van der Waals surface area (Å²) >= 11 is 1.36. The fourth-order valence-corrected chi connectivity index (χ4v) is 3.55. The number of imidazole rings is 1. The van der Waals surface area contributed by atoms with Crippen molar-refractivity contribution >= 4 is 28.0 Å². The summed E-state index contributed by atoms with van der Waals surface area (Å²) in [5.74, 6) is -0.240. The van der Waals surface area contributed by atoms with Crippen molar-refractivity contribution in [3.63, 3.8) is 0 Å². The van der Waals surface area contributed by atoms with Gasteiger partial charge in [-0.2, -0.15) is 0 Å². The van der Waals surface area contributed by atoms with Gasteiger partial charge in [-0.3, -0.25) is 14.5 Å². The summed E-state index contributed by atoms with van der Waals surface area (Å²) in [4.78, 5) is 17.0. The molecule has 8 heteroatoms. The van der Waals surface area contributed by atoms with Crippen LogP contribution in [-0.2, 0) is 4.74 Å². The highest BCUT2D eigenvalue weighted by molar-refractivity contribution is 7.15. The van der Waals surface area contributed by atoms with Gasteiger partial charge in [0.25, 0.3) is 5.91 Å². The summed E-state index contributed by atoms with van der Waals surface area (Å²) in [5.41, 5.74) is 1.93. The fraction of sp³-hybridized carbons (Fsp3) is 0.333. The number of nitrogens with zero attached hydrogens (tertiary/aromatic N) is 4. The maximum atomic E-state index is 12.6. The SMILES string of the molecule is Cc1nc2ccccn2c1C(=O)Nc1nnc(C2CCCO2)s1. The minimum atomic E-state index is -0.240. The minimum absolute atomic E-state index is 0.00989. The highest BCUT2D eigenvalue weighted by Gasteiger charge is 2.23. The standard InChI is InChI=1S/C15H15N5O2S/c1-9-12(20-7-3-2-6-11(20)16-9)13(21)17-15-19-18-14(23-15)10-5-4-8-22-10/h2-3,6-7,10H,4-5,8H2,1H3,(H,17,19,21). The third-order valence-electron chi connectivity index (χ3n) is 3.79. The van der Waals surface area contributed by atoms with Gasteiger partial charge < -0.3 is 4.74 Å². The van der Waals surface area contributed by atoms with Crippen molar-refractivity contribution in [2.75, 3.05) is 11.9 Å². The van der Waals surface area contributed by atoms with Gasteiger partial charge in [-0.1, -0.05) is 17.4 Å². The average Bonchev–Trinajstić information content (AvgIpc) is 3.25. The Morgan fingerprint density at radius 2 is 2.35 bits per heavy atom. The second-order valence-corrected chi connectivity index (χ2v) is 6.38. The van der Waals surface area contributed by atoms with E-state index in [4.69, 9.17) is 4.74 Å². The van der Waals surface area contributed by atoms with Crippen molar-refractivity contribution in [3.8, 4) is 0 Å². The fourth-order valence-electron chi connectivity index (χ4n) is 2.73. The van der Waals surface area contributed by atoms with Crippen LogP contribution in [0.15, 0.2) is 24.4 Å². The number of anilines is 1. The number of pyridine rings is 1. The van der Waals surface area contributed by atoms with E-state index in [9.17, 15) is 4.79 Å². The lowest BCUT2D eigenvalue weighted by molar-refractivity contribution is 0.102. The quantitative estimate of drug-likeness (QED) is 0.799. The van der Waals surface area contributed by atoms with Crippen LogP contribution in [0.3, 0.4) is 0 Å². The molecular formula is C15H15N5O2S. The normalized spacial score (nSPS) is 17.7. The Morgan fingerprint density at radius 1 is 1.43 bits per heavy atom. The first-order chi connectivity index (χ1) is 11.2. The molecule has 0 radical (unpaired) electrons. The van der Waals surface area contributed by atoms with Crippen molar-refractivity contribution in [1.82, 2.24) is 19.6 Å². The molecular weight excluding hydrogens is 314 g/mol. The molecule has 1 amide bonds. The maximum Gasteiger partial charge on any atom is 0.276 e. The number of aryl methyl sites for hydroxylation is 1. The summed E-state index contributed by atoms with van der Waals surface area (Å²) in [6.45, 7) is 2.58. The largest absolute Gasteiger partial charge is 0.371 e. The van der Waals surface area contributed by atoms with Crippen LogP contribution in [0.1, 0.15) is 40.1 Å². The highest BCUT2D eigenvalue weighted by atomic mass is 32.1. The number of amides is 1. The first kappa shape index (κ1) is 14.3. The summed E-state index contributed by atoms with van der Waals surface area (Å²) in [7, 11) is 0. The monoisotopic (exact) mass is 329 g/mol. The minimum Gasteiger partial charge on any atom is -0.371 e. The molecule has 118 valence electrons. The molecule has 1 fully saturated rings. The number of nitrogens with one attached hydrogen (secondary N) is 1. The molecule has 3 aromatic heterocycles. The van der Waals surface area contributed by atoms with Crippen molar-refractivity contribution in [2.24, 2.45) is 0 Å². The van der Waals surface area contributed by atoms with Crippen LogP contribution in [0.4, 0.5) is 5.13 Å². The van der Waals surface area contributed by atoms with Crippen LogP contribution in [-0.4, -0.2) is 32.1 Å². The van der Waals surface area contributed by atoms with E-state index in [0.717, 1.165) is 30.1 Å². The Bertz CT molecular complexity index is 866. The molecule has 23 heavy (non-hydrogen) atoms. The lowest BCUT2D eigenvalue weighted by atomic mass is 10.2. The van der Waals surface area contributed by atoms with Gasteiger partial charge in [0.15, 0.2) is 0 Å². The Labute approximate surface area is 136 Å². The Balaban J connectivity index is 1.58. The van der Waals surface area contributed by atoms with E-state index < -0.39 is 0 Å². The van der Waals surface area contributed by atoms with Gasteiger partial charge in [-0.05, 0) is 31.9 Å². The van der Waals surface area contributed by atoms with Gasteiger partial charge in [0.1, 0.15) is 22.5 Å². The number of hydrogen-bond acceptors (Lipinski definition) is 6. The molecule has 4 heterocycles. The predicted molar refractivity (Wildman–Crippen MR) is 85.7 cm³/mol. The Morgan fingerprint density at radius 3 is 3.17 bits per heavy atom. The van der Waals surface area contributed by atoms with Crippen LogP contribution in [0.5, 0.6) is 0 Å². The average molecular weight is 329 g/mol. The third kappa shape index (κ3) is 2.60. The number of ether oxygens (including phenoxy) is 1. The summed E-state index contributed by atoms with van der Waals surface area (Å²) in [6, 6.07) is 5.62. The molecule has 0 spiro atoms. The molecule has 1 saturated heterocycles. The van der Waals surface area contributed by atoms with Crippen molar-refractivity contribution in [2.45, 2.75) is 25.9 Å². The van der Waals surface area contributed by atoms with Crippen molar-refractivity contribution < 1.29 is 9.53 Å². The molecule has 1 aliphatic rings. The van der Waals surface area contributed by atoms with Gasteiger partial charge in [0.2, 0.25) is 5.13 Å². The first-order valence-corrected chi connectivity index (χ1v) is 8.24. The molecule has 1 unspecified atom stereocenters. The van der Waals surface area contributed by atoms with E-state index in [0.29, 0.717) is 16.5 Å². The van der Waals surface area contributed by atoms with E-state index in [-0.39, 0.29) is 12.0 Å². The summed E-state index contributed by atoms with van der Waals surface area (Å²) in [5, 5.41) is 12.3. The Kier molecular flexibility index (Phi) is 3.55. The third-order valence-corrected chi connectivity index (χ3v) is 4.72.